The summed E-state index contributed by atoms with van der Waals surface area (Å²) in [6, 6.07) is 9.78. The summed E-state index contributed by atoms with van der Waals surface area (Å²) in [4.78, 5) is 11.4. The Morgan fingerprint density at radius 1 is 1.29 bits per heavy atom. The van der Waals surface area contributed by atoms with E-state index < -0.39 is 5.91 Å². The fourth-order valence-electron chi connectivity index (χ4n) is 1.65. The molecule has 4 heteroatoms. The maximum absolute atomic E-state index is 11.4. The molecule has 1 amide bonds. The minimum atomic E-state index is -0.448. The summed E-state index contributed by atoms with van der Waals surface area (Å²) >= 11 is 0. The Bertz CT molecular complexity index is 529. The lowest BCUT2D eigenvalue weighted by atomic mass is 10.1. The molecule has 0 saturated heterocycles. The zero-order chi connectivity index (χ0) is 12.4. The quantitative estimate of drug-likeness (QED) is 0.877. The third kappa shape index (κ3) is 2.20. The number of benzene rings is 1. The zero-order valence-corrected chi connectivity index (χ0v) is 9.92. The van der Waals surface area contributed by atoms with E-state index >= 15 is 0 Å². The first-order chi connectivity index (χ1) is 8.09. The SMILES string of the molecule is CC(C)n1cc(C(N)=O)c(-c2ccccc2)n1. The molecule has 2 rings (SSSR count). The van der Waals surface area contributed by atoms with Crippen LogP contribution in [-0.2, 0) is 0 Å². The third-order valence-corrected chi connectivity index (χ3v) is 2.57. The first-order valence-electron chi connectivity index (χ1n) is 5.54. The van der Waals surface area contributed by atoms with Crippen LogP contribution in [0.1, 0.15) is 30.2 Å². The lowest BCUT2D eigenvalue weighted by Crippen LogP contribution is -2.11. The van der Waals surface area contributed by atoms with Crippen molar-refractivity contribution in [3.8, 4) is 11.3 Å². The van der Waals surface area contributed by atoms with Crippen molar-refractivity contribution in [2.24, 2.45) is 5.73 Å². The number of amides is 1. The van der Waals surface area contributed by atoms with Gasteiger partial charge in [0.25, 0.3) is 5.91 Å². The van der Waals surface area contributed by atoms with Gasteiger partial charge in [0.15, 0.2) is 0 Å². The molecule has 2 N–H and O–H groups in total. The third-order valence-electron chi connectivity index (χ3n) is 2.57. The van der Waals surface area contributed by atoms with Crippen molar-refractivity contribution in [3.05, 3.63) is 42.1 Å². The molecule has 0 fully saturated rings. The van der Waals surface area contributed by atoms with Gasteiger partial charge in [0.05, 0.1) is 5.56 Å². The lowest BCUT2D eigenvalue weighted by Gasteiger charge is -2.03. The van der Waals surface area contributed by atoms with Crippen LogP contribution >= 0.6 is 0 Å². The number of carbonyl (C=O) groups excluding carboxylic acids is 1. The number of rotatable bonds is 3. The van der Waals surface area contributed by atoms with E-state index in [0.29, 0.717) is 11.3 Å². The van der Waals surface area contributed by atoms with Gasteiger partial charge in [0.2, 0.25) is 0 Å². The van der Waals surface area contributed by atoms with Crippen LogP contribution in [0.4, 0.5) is 0 Å². The summed E-state index contributed by atoms with van der Waals surface area (Å²) in [6.07, 6.45) is 1.70. The lowest BCUT2D eigenvalue weighted by molar-refractivity contribution is 0.100. The predicted molar refractivity (Wildman–Crippen MR) is 66.6 cm³/mol. The van der Waals surface area contributed by atoms with E-state index in [1.807, 2.05) is 44.2 Å². The monoisotopic (exact) mass is 229 g/mol. The number of primary amides is 1. The molecule has 0 atom stereocenters. The normalized spacial score (nSPS) is 10.8. The summed E-state index contributed by atoms with van der Waals surface area (Å²) in [7, 11) is 0. The minimum Gasteiger partial charge on any atom is -0.365 e. The maximum atomic E-state index is 11.4. The molecule has 88 valence electrons. The standard InChI is InChI=1S/C13H15N3O/c1-9(2)16-8-11(13(14)17)12(15-16)10-6-4-3-5-7-10/h3-9H,1-2H3,(H2,14,17). The average Bonchev–Trinajstić information content (AvgIpc) is 2.75. The molecule has 0 radical (unpaired) electrons. The largest absolute Gasteiger partial charge is 0.365 e. The molecule has 17 heavy (non-hydrogen) atoms. The van der Waals surface area contributed by atoms with Crippen molar-refractivity contribution in [3.63, 3.8) is 0 Å². The Morgan fingerprint density at radius 3 is 2.47 bits per heavy atom. The van der Waals surface area contributed by atoms with Crippen molar-refractivity contribution in [1.82, 2.24) is 9.78 Å². The summed E-state index contributed by atoms with van der Waals surface area (Å²) in [5, 5.41) is 4.42. The smallest absolute Gasteiger partial charge is 0.252 e. The number of nitrogens with zero attached hydrogens (tertiary/aromatic N) is 2. The highest BCUT2D eigenvalue weighted by molar-refractivity contribution is 5.98. The van der Waals surface area contributed by atoms with E-state index in [4.69, 9.17) is 5.73 Å². The molecule has 4 nitrogen and oxygen atoms in total. The highest BCUT2D eigenvalue weighted by Gasteiger charge is 2.16. The second-order valence-corrected chi connectivity index (χ2v) is 4.20. The molecule has 0 aliphatic heterocycles. The summed E-state index contributed by atoms with van der Waals surface area (Å²) in [5.74, 6) is -0.448. The van der Waals surface area contributed by atoms with Crippen molar-refractivity contribution in [2.75, 3.05) is 0 Å². The van der Waals surface area contributed by atoms with Crippen LogP contribution in [-0.4, -0.2) is 15.7 Å². The number of hydrogen-bond donors (Lipinski definition) is 1. The van der Waals surface area contributed by atoms with Crippen molar-refractivity contribution in [2.45, 2.75) is 19.9 Å². The van der Waals surface area contributed by atoms with Gasteiger partial charge >= 0.3 is 0 Å². The Hall–Kier alpha value is -2.10. The van der Waals surface area contributed by atoms with Gasteiger partial charge in [-0.3, -0.25) is 9.48 Å². The van der Waals surface area contributed by atoms with Crippen LogP contribution in [0, 0.1) is 0 Å². The number of carbonyl (C=O) groups is 1. The van der Waals surface area contributed by atoms with Gasteiger partial charge in [-0.1, -0.05) is 30.3 Å². The molecule has 1 heterocycles. The molecule has 2 aromatic rings. The van der Waals surface area contributed by atoms with Crippen molar-refractivity contribution < 1.29 is 4.79 Å². The van der Waals surface area contributed by atoms with Gasteiger partial charge in [-0.25, -0.2) is 0 Å². The van der Waals surface area contributed by atoms with E-state index in [1.165, 1.54) is 0 Å². The van der Waals surface area contributed by atoms with E-state index in [0.717, 1.165) is 5.56 Å². The van der Waals surface area contributed by atoms with Gasteiger partial charge < -0.3 is 5.73 Å². The van der Waals surface area contributed by atoms with Crippen LogP contribution in [0.2, 0.25) is 0 Å². The first kappa shape index (κ1) is 11.4. The van der Waals surface area contributed by atoms with Crippen LogP contribution in [0.5, 0.6) is 0 Å². The Balaban J connectivity index is 2.56. The fraction of sp³-hybridized carbons (Fsp3) is 0.231. The molecule has 0 saturated carbocycles. The van der Waals surface area contributed by atoms with Crippen LogP contribution in [0.25, 0.3) is 11.3 Å². The van der Waals surface area contributed by atoms with Gasteiger partial charge in [-0.15, -0.1) is 0 Å². The molecular weight excluding hydrogens is 214 g/mol. The average molecular weight is 229 g/mol. The summed E-state index contributed by atoms with van der Waals surface area (Å²) in [5.41, 5.74) is 7.38. The predicted octanol–water partition coefficient (Wildman–Crippen LogP) is 2.23. The molecule has 0 spiro atoms. The molecule has 0 aliphatic carbocycles. The van der Waals surface area contributed by atoms with Gasteiger partial charge in [-0.2, -0.15) is 5.10 Å². The number of nitrogens with two attached hydrogens (primary N) is 1. The number of aromatic nitrogens is 2. The van der Waals surface area contributed by atoms with E-state index in [2.05, 4.69) is 5.10 Å². The van der Waals surface area contributed by atoms with E-state index in [1.54, 1.807) is 10.9 Å². The molecule has 0 aliphatic rings. The van der Waals surface area contributed by atoms with E-state index in [9.17, 15) is 4.79 Å². The maximum Gasteiger partial charge on any atom is 0.252 e. The topological polar surface area (TPSA) is 60.9 Å². The minimum absolute atomic E-state index is 0.200. The van der Waals surface area contributed by atoms with Crippen molar-refractivity contribution in [1.29, 1.82) is 0 Å². The first-order valence-corrected chi connectivity index (χ1v) is 5.54. The molecular formula is C13H15N3O. The second-order valence-electron chi connectivity index (χ2n) is 4.20. The Kier molecular flexibility index (Phi) is 2.95. The molecule has 0 bridgehead atoms. The van der Waals surface area contributed by atoms with Crippen LogP contribution < -0.4 is 5.73 Å². The highest BCUT2D eigenvalue weighted by Crippen LogP contribution is 2.22. The molecule has 1 aromatic carbocycles. The second kappa shape index (κ2) is 4.41. The highest BCUT2D eigenvalue weighted by atomic mass is 16.1. The number of hydrogen-bond acceptors (Lipinski definition) is 2. The molecule has 1 aromatic heterocycles. The van der Waals surface area contributed by atoms with Crippen molar-refractivity contribution >= 4 is 5.91 Å². The summed E-state index contributed by atoms with van der Waals surface area (Å²) in [6.45, 7) is 4.01. The Labute approximate surface area is 100 Å². The van der Waals surface area contributed by atoms with Gasteiger partial charge in [-0.05, 0) is 13.8 Å². The van der Waals surface area contributed by atoms with E-state index in [-0.39, 0.29) is 6.04 Å². The van der Waals surface area contributed by atoms with Crippen LogP contribution in [0.3, 0.4) is 0 Å². The van der Waals surface area contributed by atoms with Crippen LogP contribution in [0.15, 0.2) is 36.5 Å². The Morgan fingerprint density at radius 2 is 1.94 bits per heavy atom. The molecule has 0 unspecified atom stereocenters. The van der Waals surface area contributed by atoms with Gasteiger partial charge in [0.1, 0.15) is 5.69 Å². The van der Waals surface area contributed by atoms with Gasteiger partial charge in [0, 0.05) is 17.8 Å². The zero-order valence-electron chi connectivity index (χ0n) is 9.92. The fourth-order valence-corrected chi connectivity index (χ4v) is 1.65. The summed E-state index contributed by atoms with van der Waals surface area (Å²) < 4.78 is 1.75.